The van der Waals surface area contributed by atoms with Crippen LogP contribution in [0.4, 0.5) is 0 Å². The third-order valence-corrected chi connectivity index (χ3v) is 3.71. The van der Waals surface area contributed by atoms with Gasteiger partial charge in [0, 0.05) is 18.0 Å². The van der Waals surface area contributed by atoms with Crippen molar-refractivity contribution >= 4 is 17.8 Å². The molecule has 0 radical (unpaired) electrons. The molecule has 88 valence electrons. The van der Waals surface area contributed by atoms with E-state index in [1.165, 1.54) is 11.3 Å². The summed E-state index contributed by atoms with van der Waals surface area (Å²) in [6, 6.07) is 3.88. The van der Waals surface area contributed by atoms with Gasteiger partial charge in [-0.1, -0.05) is 6.07 Å². The highest BCUT2D eigenvalue weighted by Gasteiger charge is 2.15. The van der Waals surface area contributed by atoms with E-state index in [1.807, 2.05) is 19.1 Å². The smallest absolute Gasteiger partial charge is 0.293 e. The Bertz CT molecular complexity index is 510. The summed E-state index contributed by atoms with van der Waals surface area (Å²) in [7, 11) is 0. The average Bonchev–Trinajstić information content (AvgIpc) is 2.73. The predicted octanol–water partition coefficient (Wildman–Crippen LogP) is 2.75. The molecule has 0 spiro atoms. The number of nitrogens with zero attached hydrogens (tertiary/aromatic N) is 2. The van der Waals surface area contributed by atoms with E-state index in [0.717, 1.165) is 21.1 Å². The number of carbonyl (C=O) groups is 1. The van der Waals surface area contributed by atoms with Gasteiger partial charge in [0.2, 0.25) is 0 Å². The van der Waals surface area contributed by atoms with Crippen molar-refractivity contribution in [3.8, 4) is 10.4 Å². The number of thiazole rings is 1. The summed E-state index contributed by atoms with van der Waals surface area (Å²) < 4.78 is 4.88. The minimum absolute atomic E-state index is 0.304. The average molecular weight is 248 g/mol. The first-order valence-electron chi connectivity index (χ1n) is 5.19. The molecule has 2 aromatic rings. The van der Waals surface area contributed by atoms with Crippen LogP contribution in [0.25, 0.3) is 10.4 Å². The van der Waals surface area contributed by atoms with Gasteiger partial charge >= 0.3 is 0 Å². The van der Waals surface area contributed by atoms with Crippen LogP contribution in [0.2, 0.25) is 0 Å². The standard InChI is InChI=1S/C12H12N2O2S/c1-8-11(10-4-3-5-13-6-10)17-12(14-8)9(2)16-7-15/h3-7,9H,1-2H3. The molecule has 0 bridgehead atoms. The maximum Gasteiger partial charge on any atom is 0.293 e. The molecule has 0 saturated carbocycles. The number of hydrogen-bond donors (Lipinski definition) is 0. The molecule has 0 amide bonds. The molecule has 5 heteroatoms. The van der Waals surface area contributed by atoms with Gasteiger partial charge in [-0.05, 0) is 19.9 Å². The van der Waals surface area contributed by atoms with E-state index in [0.29, 0.717) is 6.47 Å². The maximum absolute atomic E-state index is 10.3. The summed E-state index contributed by atoms with van der Waals surface area (Å²) >= 11 is 1.53. The van der Waals surface area contributed by atoms with E-state index in [4.69, 9.17) is 4.74 Å². The Hall–Kier alpha value is -1.75. The third kappa shape index (κ3) is 2.50. The van der Waals surface area contributed by atoms with Crippen LogP contribution in [0, 0.1) is 6.92 Å². The highest BCUT2D eigenvalue weighted by molar-refractivity contribution is 7.15. The summed E-state index contributed by atoms with van der Waals surface area (Å²) in [6.07, 6.45) is 3.23. The number of carbonyl (C=O) groups excluding carboxylic acids is 1. The summed E-state index contributed by atoms with van der Waals surface area (Å²) in [4.78, 5) is 19.9. The van der Waals surface area contributed by atoms with Gasteiger partial charge in [0.1, 0.15) is 5.01 Å². The van der Waals surface area contributed by atoms with Gasteiger partial charge in [-0.3, -0.25) is 9.78 Å². The second kappa shape index (κ2) is 5.05. The van der Waals surface area contributed by atoms with Crippen LogP contribution in [0.15, 0.2) is 24.5 Å². The van der Waals surface area contributed by atoms with Crippen molar-refractivity contribution in [3.63, 3.8) is 0 Å². The van der Waals surface area contributed by atoms with E-state index < -0.39 is 0 Å². The Morgan fingerprint density at radius 1 is 1.53 bits per heavy atom. The SMILES string of the molecule is Cc1nc(C(C)OC=O)sc1-c1cccnc1. The molecule has 0 N–H and O–H groups in total. The van der Waals surface area contributed by atoms with Crippen LogP contribution in [0.5, 0.6) is 0 Å². The molecule has 0 saturated heterocycles. The zero-order valence-corrected chi connectivity index (χ0v) is 10.4. The van der Waals surface area contributed by atoms with Crippen molar-refractivity contribution in [3.05, 3.63) is 35.2 Å². The topological polar surface area (TPSA) is 52.1 Å². The van der Waals surface area contributed by atoms with Crippen LogP contribution < -0.4 is 0 Å². The zero-order valence-electron chi connectivity index (χ0n) is 9.58. The first kappa shape index (κ1) is 11.7. The van der Waals surface area contributed by atoms with Crippen LogP contribution in [0.3, 0.4) is 0 Å². The van der Waals surface area contributed by atoms with Crippen molar-refractivity contribution in [2.75, 3.05) is 0 Å². The number of rotatable bonds is 4. The fourth-order valence-electron chi connectivity index (χ4n) is 1.50. The van der Waals surface area contributed by atoms with Crippen molar-refractivity contribution in [2.45, 2.75) is 20.0 Å². The fraction of sp³-hybridized carbons (Fsp3) is 0.250. The summed E-state index contributed by atoms with van der Waals surface area (Å²) in [6.45, 7) is 4.20. The van der Waals surface area contributed by atoms with Crippen LogP contribution in [-0.2, 0) is 9.53 Å². The molecule has 2 heterocycles. The van der Waals surface area contributed by atoms with Crippen molar-refractivity contribution in [1.82, 2.24) is 9.97 Å². The number of aryl methyl sites for hydroxylation is 1. The van der Waals surface area contributed by atoms with Gasteiger partial charge in [0.25, 0.3) is 6.47 Å². The zero-order chi connectivity index (χ0) is 12.3. The Balaban J connectivity index is 2.34. The van der Waals surface area contributed by atoms with E-state index >= 15 is 0 Å². The summed E-state index contributed by atoms with van der Waals surface area (Å²) in [5, 5.41) is 0.799. The lowest BCUT2D eigenvalue weighted by atomic mass is 10.2. The van der Waals surface area contributed by atoms with Gasteiger partial charge in [-0.25, -0.2) is 4.98 Å². The molecule has 1 unspecified atom stereocenters. The highest BCUT2D eigenvalue weighted by atomic mass is 32.1. The Morgan fingerprint density at radius 2 is 2.35 bits per heavy atom. The summed E-state index contributed by atoms with van der Waals surface area (Å²) in [5.41, 5.74) is 1.96. The highest BCUT2D eigenvalue weighted by Crippen LogP contribution is 2.32. The third-order valence-electron chi connectivity index (χ3n) is 2.34. The van der Waals surface area contributed by atoms with Gasteiger partial charge in [-0.2, -0.15) is 0 Å². The largest absolute Gasteiger partial charge is 0.457 e. The molecule has 0 fully saturated rings. The minimum Gasteiger partial charge on any atom is -0.457 e. The fourth-order valence-corrected chi connectivity index (χ4v) is 2.54. The van der Waals surface area contributed by atoms with Crippen LogP contribution in [0.1, 0.15) is 23.7 Å². The Kier molecular flexibility index (Phi) is 3.49. The molecule has 2 rings (SSSR count). The van der Waals surface area contributed by atoms with E-state index in [1.54, 1.807) is 19.3 Å². The second-order valence-electron chi connectivity index (χ2n) is 3.58. The molecule has 0 aliphatic rings. The van der Waals surface area contributed by atoms with Gasteiger partial charge in [0.15, 0.2) is 6.10 Å². The second-order valence-corrected chi connectivity index (χ2v) is 4.61. The summed E-state index contributed by atoms with van der Waals surface area (Å²) in [5.74, 6) is 0. The molecule has 2 aromatic heterocycles. The maximum atomic E-state index is 10.3. The van der Waals surface area contributed by atoms with Crippen LogP contribution in [-0.4, -0.2) is 16.4 Å². The number of ether oxygens (including phenoxy) is 1. The minimum atomic E-state index is -0.304. The van der Waals surface area contributed by atoms with Crippen molar-refractivity contribution in [1.29, 1.82) is 0 Å². The van der Waals surface area contributed by atoms with Crippen LogP contribution >= 0.6 is 11.3 Å². The molecular weight excluding hydrogens is 236 g/mol. The first-order valence-corrected chi connectivity index (χ1v) is 6.01. The van der Waals surface area contributed by atoms with Gasteiger partial charge in [0.05, 0.1) is 10.6 Å². The molecular formula is C12H12N2O2S. The lowest BCUT2D eigenvalue weighted by Gasteiger charge is -2.03. The van der Waals surface area contributed by atoms with E-state index in [9.17, 15) is 4.79 Å². The number of hydrogen-bond acceptors (Lipinski definition) is 5. The molecule has 0 aliphatic heterocycles. The normalized spacial score (nSPS) is 12.1. The van der Waals surface area contributed by atoms with E-state index in [2.05, 4.69) is 9.97 Å². The first-order chi connectivity index (χ1) is 8.22. The Labute approximate surface area is 103 Å². The van der Waals surface area contributed by atoms with Gasteiger partial charge in [-0.15, -0.1) is 11.3 Å². The quantitative estimate of drug-likeness (QED) is 0.781. The monoisotopic (exact) mass is 248 g/mol. The lowest BCUT2D eigenvalue weighted by Crippen LogP contribution is -1.96. The molecule has 0 aliphatic carbocycles. The number of aromatic nitrogens is 2. The Morgan fingerprint density at radius 3 is 3.00 bits per heavy atom. The van der Waals surface area contributed by atoms with Crippen molar-refractivity contribution < 1.29 is 9.53 Å². The molecule has 4 nitrogen and oxygen atoms in total. The van der Waals surface area contributed by atoms with Gasteiger partial charge < -0.3 is 4.74 Å². The predicted molar refractivity (Wildman–Crippen MR) is 65.6 cm³/mol. The van der Waals surface area contributed by atoms with E-state index in [-0.39, 0.29) is 6.10 Å². The molecule has 0 aromatic carbocycles. The van der Waals surface area contributed by atoms with Crippen molar-refractivity contribution in [2.24, 2.45) is 0 Å². The molecule has 17 heavy (non-hydrogen) atoms. The number of pyridine rings is 1. The molecule has 1 atom stereocenters. The lowest BCUT2D eigenvalue weighted by molar-refractivity contribution is -0.133.